The smallest absolute Gasteiger partial charge is 0.287 e. The number of amides is 1. The van der Waals surface area contributed by atoms with Crippen molar-refractivity contribution in [2.45, 2.75) is 31.8 Å². The number of ether oxygens (including phenoxy) is 1. The molecule has 1 aromatic rings. The summed E-state index contributed by atoms with van der Waals surface area (Å²) in [5, 5.41) is 3.02. The van der Waals surface area contributed by atoms with Gasteiger partial charge in [-0.3, -0.25) is 4.79 Å². The average molecular weight is 258 g/mol. The summed E-state index contributed by atoms with van der Waals surface area (Å²) >= 11 is 5.59. The Kier molecular flexibility index (Phi) is 4.45. The molecule has 0 aliphatic carbocycles. The molecule has 4 nitrogen and oxygen atoms in total. The third-order valence-electron chi connectivity index (χ3n) is 2.82. The number of hydrogen-bond acceptors (Lipinski definition) is 3. The first-order valence-electron chi connectivity index (χ1n) is 5.91. The Bertz CT molecular complexity index is 372. The van der Waals surface area contributed by atoms with E-state index in [1.807, 2.05) is 0 Å². The second-order valence-electron chi connectivity index (χ2n) is 4.14. The Labute approximate surface area is 105 Å². The maximum absolute atomic E-state index is 11.6. The van der Waals surface area contributed by atoms with E-state index in [9.17, 15) is 4.79 Å². The minimum Gasteiger partial charge on any atom is -0.440 e. The quantitative estimate of drug-likeness (QED) is 0.902. The Morgan fingerprint density at radius 2 is 2.35 bits per heavy atom. The Morgan fingerprint density at radius 1 is 1.47 bits per heavy atom. The predicted molar refractivity (Wildman–Crippen MR) is 64.3 cm³/mol. The Balaban J connectivity index is 1.69. The predicted octanol–water partition coefficient (Wildman–Crippen LogP) is 2.62. The van der Waals surface area contributed by atoms with Gasteiger partial charge < -0.3 is 14.5 Å². The first kappa shape index (κ1) is 12.5. The third-order valence-corrected chi connectivity index (χ3v) is 3.03. The molecule has 94 valence electrons. The van der Waals surface area contributed by atoms with E-state index in [0.717, 1.165) is 25.9 Å². The molecule has 1 saturated heterocycles. The van der Waals surface area contributed by atoms with Crippen LogP contribution in [-0.2, 0) is 4.74 Å². The topological polar surface area (TPSA) is 51.5 Å². The zero-order valence-electron chi connectivity index (χ0n) is 9.58. The zero-order chi connectivity index (χ0) is 12.1. The van der Waals surface area contributed by atoms with E-state index < -0.39 is 0 Å². The molecule has 5 heteroatoms. The molecule has 1 fully saturated rings. The molecule has 0 saturated carbocycles. The van der Waals surface area contributed by atoms with Crippen LogP contribution in [0.5, 0.6) is 0 Å². The van der Waals surface area contributed by atoms with E-state index in [1.165, 1.54) is 6.42 Å². The fourth-order valence-corrected chi connectivity index (χ4v) is 2.05. The molecule has 0 radical (unpaired) electrons. The molecule has 0 spiro atoms. The van der Waals surface area contributed by atoms with Crippen molar-refractivity contribution in [3.05, 3.63) is 23.1 Å². The summed E-state index contributed by atoms with van der Waals surface area (Å²) in [5.74, 6) is 0.0206. The highest BCUT2D eigenvalue weighted by molar-refractivity contribution is 6.29. The van der Waals surface area contributed by atoms with Gasteiger partial charge in [-0.05, 0) is 49.4 Å². The highest BCUT2D eigenvalue weighted by Gasteiger charge is 2.15. The minimum absolute atomic E-state index is 0.228. The van der Waals surface area contributed by atoms with Gasteiger partial charge in [0.1, 0.15) is 0 Å². The Hall–Kier alpha value is -1.00. The number of furan rings is 1. The first-order valence-corrected chi connectivity index (χ1v) is 6.28. The lowest BCUT2D eigenvalue weighted by Crippen LogP contribution is -2.29. The maximum atomic E-state index is 11.6. The van der Waals surface area contributed by atoms with E-state index >= 15 is 0 Å². The second kappa shape index (κ2) is 6.07. The van der Waals surface area contributed by atoms with E-state index in [2.05, 4.69) is 5.32 Å². The summed E-state index contributed by atoms with van der Waals surface area (Å²) in [5.41, 5.74) is 0. The standard InChI is InChI=1S/C12H16ClNO3/c13-11-5-4-10(17-11)12(15)14-7-6-9-3-1-2-8-16-9/h4-5,9H,1-3,6-8H2,(H,14,15). The molecule has 1 atom stereocenters. The van der Waals surface area contributed by atoms with Gasteiger partial charge in [0, 0.05) is 13.2 Å². The number of hydrogen-bond donors (Lipinski definition) is 1. The third kappa shape index (κ3) is 3.75. The molecule has 0 bridgehead atoms. The molecule has 1 aromatic heterocycles. The zero-order valence-corrected chi connectivity index (χ0v) is 10.3. The Morgan fingerprint density at radius 3 is 3.00 bits per heavy atom. The summed E-state index contributed by atoms with van der Waals surface area (Å²) in [6, 6.07) is 3.12. The summed E-state index contributed by atoms with van der Waals surface area (Å²) in [4.78, 5) is 11.6. The van der Waals surface area contributed by atoms with Gasteiger partial charge in [-0.2, -0.15) is 0 Å². The molecular formula is C12H16ClNO3. The van der Waals surface area contributed by atoms with Crippen LogP contribution in [-0.4, -0.2) is 25.2 Å². The van der Waals surface area contributed by atoms with Crippen molar-refractivity contribution in [1.29, 1.82) is 0 Å². The minimum atomic E-state index is -0.229. The molecule has 1 aliphatic rings. The fraction of sp³-hybridized carbons (Fsp3) is 0.583. The summed E-state index contributed by atoms with van der Waals surface area (Å²) in [7, 11) is 0. The van der Waals surface area contributed by atoms with Crippen molar-refractivity contribution in [1.82, 2.24) is 5.32 Å². The van der Waals surface area contributed by atoms with Gasteiger partial charge in [-0.15, -0.1) is 0 Å². The van der Waals surface area contributed by atoms with Crippen LogP contribution >= 0.6 is 11.6 Å². The summed E-state index contributed by atoms with van der Waals surface area (Å²) in [6.45, 7) is 1.44. The van der Waals surface area contributed by atoms with Crippen LogP contribution in [0.4, 0.5) is 0 Å². The van der Waals surface area contributed by atoms with Crippen LogP contribution < -0.4 is 5.32 Å². The number of carbonyl (C=O) groups is 1. The highest BCUT2D eigenvalue weighted by atomic mass is 35.5. The van der Waals surface area contributed by atoms with Crippen molar-refractivity contribution in [3.8, 4) is 0 Å². The van der Waals surface area contributed by atoms with Crippen LogP contribution in [0, 0.1) is 0 Å². The molecular weight excluding hydrogens is 242 g/mol. The van der Waals surface area contributed by atoms with Crippen molar-refractivity contribution in [3.63, 3.8) is 0 Å². The average Bonchev–Trinajstić information content (AvgIpc) is 2.77. The lowest BCUT2D eigenvalue weighted by atomic mass is 10.1. The van der Waals surface area contributed by atoms with Crippen LogP contribution in [0.25, 0.3) is 0 Å². The van der Waals surface area contributed by atoms with Gasteiger partial charge in [0.2, 0.25) is 0 Å². The van der Waals surface area contributed by atoms with E-state index in [4.69, 9.17) is 20.8 Å². The highest BCUT2D eigenvalue weighted by Crippen LogP contribution is 2.15. The largest absolute Gasteiger partial charge is 0.440 e. The molecule has 1 aliphatic heterocycles. The molecule has 1 amide bonds. The van der Waals surface area contributed by atoms with E-state index in [-0.39, 0.29) is 23.0 Å². The fourth-order valence-electron chi connectivity index (χ4n) is 1.91. The lowest BCUT2D eigenvalue weighted by molar-refractivity contribution is 0.0116. The second-order valence-corrected chi connectivity index (χ2v) is 4.51. The molecule has 1 unspecified atom stereocenters. The van der Waals surface area contributed by atoms with E-state index in [1.54, 1.807) is 12.1 Å². The first-order chi connectivity index (χ1) is 8.25. The number of carbonyl (C=O) groups excluding carboxylic acids is 1. The van der Waals surface area contributed by atoms with Crippen LogP contribution in [0.3, 0.4) is 0 Å². The van der Waals surface area contributed by atoms with Gasteiger partial charge in [0.15, 0.2) is 11.0 Å². The number of rotatable bonds is 4. The molecule has 2 heterocycles. The van der Waals surface area contributed by atoms with Gasteiger partial charge in [-0.25, -0.2) is 0 Å². The monoisotopic (exact) mass is 257 g/mol. The van der Waals surface area contributed by atoms with Crippen molar-refractivity contribution in [2.75, 3.05) is 13.2 Å². The van der Waals surface area contributed by atoms with Crippen molar-refractivity contribution < 1.29 is 13.9 Å². The maximum Gasteiger partial charge on any atom is 0.287 e. The normalized spacial score (nSPS) is 20.2. The van der Waals surface area contributed by atoms with Crippen molar-refractivity contribution >= 4 is 17.5 Å². The number of halogens is 1. The van der Waals surface area contributed by atoms with Crippen LogP contribution in [0.2, 0.25) is 5.22 Å². The van der Waals surface area contributed by atoms with Crippen LogP contribution in [0.15, 0.2) is 16.5 Å². The van der Waals surface area contributed by atoms with Gasteiger partial charge in [0.05, 0.1) is 6.10 Å². The molecule has 1 N–H and O–H groups in total. The summed E-state index contributed by atoms with van der Waals surface area (Å²) in [6.07, 6.45) is 4.58. The van der Waals surface area contributed by atoms with Gasteiger partial charge in [-0.1, -0.05) is 0 Å². The van der Waals surface area contributed by atoms with Crippen molar-refractivity contribution in [2.24, 2.45) is 0 Å². The lowest BCUT2D eigenvalue weighted by Gasteiger charge is -2.22. The SMILES string of the molecule is O=C(NCCC1CCCCO1)c1ccc(Cl)o1. The molecule has 0 aromatic carbocycles. The molecule has 17 heavy (non-hydrogen) atoms. The summed E-state index contributed by atoms with van der Waals surface area (Å²) < 4.78 is 10.6. The van der Waals surface area contributed by atoms with Gasteiger partial charge >= 0.3 is 0 Å². The number of nitrogens with one attached hydrogen (secondary N) is 1. The van der Waals surface area contributed by atoms with Gasteiger partial charge in [0.25, 0.3) is 5.91 Å². The van der Waals surface area contributed by atoms with Crippen LogP contribution in [0.1, 0.15) is 36.2 Å². The van der Waals surface area contributed by atoms with E-state index in [0.29, 0.717) is 6.54 Å². The molecule has 2 rings (SSSR count).